The van der Waals surface area contributed by atoms with Gasteiger partial charge in [0.15, 0.2) is 0 Å². The van der Waals surface area contributed by atoms with Gasteiger partial charge in [-0.2, -0.15) is 0 Å². The Hall–Kier alpha value is -3.04. The van der Waals surface area contributed by atoms with Gasteiger partial charge < -0.3 is 20.3 Å². The molecule has 212 valence electrons. The number of fused-ring (bicyclic) bond motifs is 1. The van der Waals surface area contributed by atoms with Gasteiger partial charge in [-0.15, -0.1) is 11.8 Å². The Balaban J connectivity index is 1.88. The Kier molecular flexibility index (Phi) is 11.2. The first kappa shape index (κ1) is 30.5. The summed E-state index contributed by atoms with van der Waals surface area (Å²) in [7, 11) is 1.62. The molecule has 0 bridgehead atoms. The summed E-state index contributed by atoms with van der Waals surface area (Å²) in [5.41, 5.74) is 3.20. The van der Waals surface area contributed by atoms with E-state index in [-0.39, 0.29) is 23.9 Å². The maximum Gasteiger partial charge on any atom is 0.305 e. The van der Waals surface area contributed by atoms with Gasteiger partial charge >= 0.3 is 11.9 Å². The minimum absolute atomic E-state index is 0.00736. The number of hydrogen-bond acceptors (Lipinski definition) is 6. The molecule has 3 rings (SSSR count). The van der Waals surface area contributed by atoms with E-state index in [1.165, 1.54) is 5.56 Å². The molecule has 4 N–H and O–H groups in total. The van der Waals surface area contributed by atoms with Crippen molar-refractivity contribution in [3.63, 3.8) is 0 Å². The number of unbranched alkanes of at least 4 members (excludes halogenated alkanes) is 1. The molecular formula is C30H40N2O6S. The van der Waals surface area contributed by atoms with Crippen molar-refractivity contribution in [3.8, 4) is 5.75 Å². The summed E-state index contributed by atoms with van der Waals surface area (Å²) in [6.45, 7) is 4.46. The monoisotopic (exact) mass is 556 g/mol. The van der Waals surface area contributed by atoms with E-state index in [0.29, 0.717) is 12.2 Å². The van der Waals surface area contributed by atoms with E-state index in [1.807, 2.05) is 17.8 Å². The van der Waals surface area contributed by atoms with Gasteiger partial charge in [0, 0.05) is 28.6 Å². The third-order valence-electron chi connectivity index (χ3n) is 7.33. The van der Waals surface area contributed by atoms with E-state index in [4.69, 9.17) is 14.9 Å². The maximum atomic E-state index is 12.6. The number of benzene rings is 2. The molecule has 1 aliphatic heterocycles. The predicted octanol–water partition coefficient (Wildman–Crippen LogP) is 5.19. The Bertz CT molecular complexity index is 1130. The zero-order chi connectivity index (χ0) is 28.4. The van der Waals surface area contributed by atoms with E-state index in [2.05, 4.69) is 60.9 Å². The molecule has 1 aliphatic rings. The summed E-state index contributed by atoms with van der Waals surface area (Å²) >= 11 is 1.83. The van der Waals surface area contributed by atoms with Crippen LogP contribution in [0, 0.1) is 0 Å². The zero-order valence-electron chi connectivity index (χ0n) is 23.0. The van der Waals surface area contributed by atoms with Gasteiger partial charge in [0.05, 0.1) is 26.0 Å². The molecule has 2 aromatic carbocycles. The topological polar surface area (TPSA) is 125 Å². The van der Waals surface area contributed by atoms with Crippen LogP contribution in [0.1, 0.15) is 81.5 Å². The quantitative estimate of drug-likeness (QED) is 0.251. The molecule has 0 aliphatic carbocycles. The van der Waals surface area contributed by atoms with Crippen LogP contribution in [-0.2, 0) is 20.8 Å². The SMILES string of the molecule is CCCC[C@]1(CC)CSc2cc(CCC(=O)NC(CC(=O)O)CC(=O)O)c(OC)cc2[C@@H](c2ccccc2)N1. The van der Waals surface area contributed by atoms with Gasteiger partial charge in [0.2, 0.25) is 5.91 Å². The van der Waals surface area contributed by atoms with Crippen molar-refractivity contribution in [2.45, 2.75) is 87.7 Å². The number of carboxylic acid groups (broad SMARTS) is 2. The molecule has 0 unspecified atom stereocenters. The van der Waals surface area contributed by atoms with Crippen molar-refractivity contribution in [3.05, 3.63) is 59.2 Å². The third-order valence-corrected chi connectivity index (χ3v) is 8.69. The maximum absolute atomic E-state index is 12.6. The Morgan fingerprint density at radius 1 is 1.13 bits per heavy atom. The lowest BCUT2D eigenvalue weighted by Crippen LogP contribution is -2.48. The number of ether oxygens (including phenoxy) is 1. The van der Waals surface area contributed by atoms with Crippen molar-refractivity contribution in [2.24, 2.45) is 0 Å². The number of carbonyl (C=O) groups is 3. The molecule has 0 spiro atoms. The fourth-order valence-electron chi connectivity index (χ4n) is 5.09. The average molecular weight is 557 g/mol. The second-order valence-electron chi connectivity index (χ2n) is 10.2. The smallest absolute Gasteiger partial charge is 0.305 e. The van der Waals surface area contributed by atoms with Crippen LogP contribution in [-0.4, -0.2) is 52.5 Å². The van der Waals surface area contributed by atoms with Crippen molar-refractivity contribution >= 4 is 29.6 Å². The van der Waals surface area contributed by atoms with E-state index in [0.717, 1.165) is 47.5 Å². The number of aliphatic carboxylic acids is 2. The Morgan fingerprint density at radius 3 is 2.41 bits per heavy atom. The van der Waals surface area contributed by atoms with Crippen LogP contribution in [0.2, 0.25) is 0 Å². The van der Waals surface area contributed by atoms with Crippen molar-refractivity contribution < 1.29 is 29.3 Å². The average Bonchev–Trinajstić information content (AvgIpc) is 3.07. The largest absolute Gasteiger partial charge is 0.496 e. The van der Waals surface area contributed by atoms with Crippen LogP contribution in [0.15, 0.2) is 47.4 Å². The molecule has 0 aromatic heterocycles. The highest BCUT2D eigenvalue weighted by molar-refractivity contribution is 7.99. The van der Waals surface area contributed by atoms with Crippen LogP contribution in [0.3, 0.4) is 0 Å². The fraction of sp³-hybridized carbons (Fsp3) is 0.500. The lowest BCUT2D eigenvalue weighted by atomic mass is 9.87. The number of amides is 1. The van der Waals surface area contributed by atoms with E-state index in [1.54, 1.807) is 7.11 Å². The summed E-state index contributed by atoms with van der Waals surface area (Å²) in [6.07, 6.45) is 3.96. The lowest BCUT2D eigenvalue weighted by molar-refractivity contribution is -0.139. The number of methoxy groups -OCH3 is 1. The third kappa shape index (κ3) is 8.47. The summed E-state index contributed by atoms with van der Waals surface area (Å²) in [6, 6.07) is 13.6. The molecular weight excluding hydrogens is 516 g/mol. The first-order valence-electron chi connectivity index (χ1n) is 13.6. The second kappa shape index (κ2) is 14.4. The van der Waals surface area contributed by atoms with Gasteiger partial charge in [-0.1, -0.05) is 57.0 Å². The van der Waals surface area contributed by atoms with E-state index in [9.17, 15) is 14.4 Å². The standard InChI is InChI=1S/C30H40N2O6S/c1-4-6-14-30(5-2)19-39-25-15-21(12-13-26(33)31-22(16-27(34)35)17-28(36)37)24(38-3)18-23(25)29(32-30)20-10-8-7-9-11-20/h7-11,15,18,22,29,32H,4-6,12-14,16-17,19H2,1-3H3,(H,31,33)(H,34,35)(H,36,37)/t29-,30-/m1/s1. The van der Waals surface area contributed by atoms with Gasteiger partial charge in [-0.3, -0.25) is 19.7 Å². The minimum atomic E-state index is -1.16. The van der Waals surface area contributed by atoms with E-state index >= 15 is 0 Å². The number of thioether (sulfide) groups is 1. The van der Waals surface area contributed by atoms with Crippen LogP contribution in [0.4, 0.5) is 0 Å². The second-order valence-corrected chi connectivity index (χ2v) is 11.2. The highest BCUT2D eigenvalue weighted by atomic mass is 32.2. The Labute approximate surface area is 234 Å². The molecule has 8 nitrogen and oxygen atoms in total. The molecule has 1 amide bonds. The van der Waals surface area contributed by atoms with Gasteiger partial charge in [-0.25, -0.2) is 0 Å². The number of nitrogens with one attached hydrogen (secondary N) is 2. The predicted molar refractivity (Wildman–Crippen MR) is 152 cm³/mol. The van der Waals surface area contributed by atoms with E-state index < -0.39 is 30.8 Å². The summed E-state index contributed by atoms with van der Waals surface area (Å²) in [5.74, 6) is -1.09. The molecule has 0 saturated carbocycles. The first-order valence-corrected chi connectivity index (χ1v) is 14.6. The highest BCUT2D eigenvalue weighted by Crippen LogP contribution is 2.43. The zero-order valence-corrected chi connectivity index (χ0v) is 23.8. The number of rotatable bonds is 14. The summed E-state index contributed by atoms with van der Waals surface area (Å²) in [4.78, 5) is 36.0. The molecule has 39 heavy (non-hydrogen) atoms. The van der Waals surface area contributed by atoms with Crippen LogP contribution >= 0.6 is 11.8 Å². The lowest BCUT2D eigenvalue weighted by Gasteiger charge is -2.36. The number of carboxylic acids is 2. The molecule has 0 fully saturated rings. The fourth-order valence-corrected chi connectivity index (χ4v) is 6.52. The summed E-state index contributed by atoms with van der Waals surface area (Å²) < 4.78 is 5.77. The number of carbonyl (C=O) groups excluding carboxylic acids is 1. The van der Waals surface area contributed by atoms with Crippen LogP contribution in [0.25, 0.3) is 0 Å². The molecule has 1 heterocycles. The van der Waals surface area contributed by atoms with Crippen molar-refractivity contribution in [1.29, 1.82) is 0 Å². The van der Waals surface area contributed by atoms with Gasteiger partial charge in [0.1, 0.15) is 5.75 Å². The number of hydrogen-bond donors (Lipinski definition) is 4. The summed E-state index contributed by atoms with van der Waals surface area (Å²) in [5, 5.41) is 24.7. The first-order chi connectivity index (χ1) is 18.7. The number of aryl methyl sites for hydroxylation is 1. The minimum Gasteiger partial charge on any atom is -0.496 e. The van der Waals surface area contributed by atoms with Crippen LogP contribution in [0.5, 0.6) is 5.75 Å². The molecule has 0 radical (unpaired) electrons. The van der Waals surface area contributed by atoms with Crippen molar-refractivity contribution in [2.75, 3.05) is 12.9 Å². The normalized spacial score (nSPS) is 18.7. The molecule has 2 atom stereocenters. The molecule has 2 aromatic rings. The molecule has 9 heteroatoms. The van der Waals surface area contributed by atoms with Gasteiger partial charge in [-0.05, 0) is 48.1 Å². The van der Waals surface area contributed by atoms with Gasteiger partial charge in [0.25, 0.3) is 0 Å². The van der Waals surface area contributed by atoms with Crippen LogP contribution < -0.4 is 15.4 Å². The van der Waals surface area contributed by atoms with Crippen molar-refractivity contribution in [1.82, 2.24) is 10.6 Å². The highest BCUT2D eigenvalue weighted by Gasteiger charge is 2.36. The Morgan fingerprint density at radius 2 is 1.82 bits per heavy atom. The molecule has 0 saturated heterocycles.